The summed E-state index contributed by atoms with van der Waals surface area (Å²) in [5, 5.41) is 0.00345. The first-order chi connectivity index (χ1) is 9.22. The van der Waals surface area contributed by atoms with Gasteiger partial charge in [0.05, 0.1) is 7.11 Å². The van der Waals surface area contributed by atoms with E-state index in [-0.39, 0.29) is 5.12 Å². The summed E-state index contributed by atoms with van der Waals surface area (Å²) in [5.74, 6) is 0.826. The highest BCUT2D eigenvalue weighted by Gasteiger charge is 2.20. The van der Waals surface area contributed by atoms with Crippen molar-refractivity contribution in [2.24, 2.45) is 4.99 Å². The summed E-state index contributed by atoms with van der Waals surface area (Å²) in [4.78, 5) is 15.8. The SMILES string of the molecule is COc1ccc(/C=C/C=C2/N=C(SC)SC2=O)cc1. The lowest BCUT2D eigenvalue weighted by Crippen LogP contribution is -1.86. The number of allylic oxidation sites excluding steroid dienone is 2. The Balaban J connectivity index is 2.06. The highest BCUT2D eigenvalue weighted by Crippen LogP contribution is 2.28. The number of carbonyl (C=O) groups is 1. The van der Waals surface area contributed by atoms with Gasteiger partial charge in [0.2, 0.25) is 5.12 Å². The van der Waals surface area contributed by atoms with Crippen LogP contribution in [0.2, 0.25) is 0 Å². The summed E-state index contributed by atoms with van der Waals surface area (Å²) in [7, 11) is 1.64. The molecular formula is C14H13NO2S2. The molecule has 0 unspecified atom stereocenters. The number of thioether (sulfide) groups is 2. The van der Waals surface area contributed by atoms with Gasteiger partial charge < -0.3 is 4.74 Å². The van der Waals surface area contributed by atoms with Gasteiger partial charge in [-0.1, -0.05) is 24.3 Å². The van der Waals surface area contributed by atoms with E-state index in [2.05, 4.69) is 4.99 Å². The first-order valence-electron chi connectivity index (χ1n) is 5.60. The quantitative estimate of drug-likeness (QED) is 0.798. The highest BCUT2D eigenvalue weighted by molar-refractivity contribution is 8.45. The molecule has 0 aromatic heterocycles. The molecule has 1 aliphatic rings. The summed E-state index contributed by atoms with van der Waals surface area (Å²) < 4.78 is 5.89. The predicted molar refractivity (Wildman–Crippen MR) is 83.7 cm³/mol. The van der Waals surface area contributed by atoms with Crippen LogP contribution < -0.4 is 4.74 Å². The number of hydrogen-bond donors (Lipinski definition) is 0. The number of benzene rings is 1. The van der Waals surface area contributed by atoms with Gasteiger partial charge in [0.15, 0.2) is 0 Å². The second kappa shape index (κ2) is 6.63. The fourth-order valence-corrected chi connectivity index (χ4v) is 2.73. The molecule has 0 amide bonds. The van der Waals surface area contributed by atoms with E-state index >= 15 is 0 Å². The average Bonchev–Trinajstić information content (AvgIpc) is 2.80. The van der Waals surface area contributed by atoms with Crippen molar-refractivity contribution in [3.63, 3.8) is 0 Å². The standard InChI is InChI=1S/C14H13NO2S2/c1-17-11-8-6-10(7-9-11)4-3-5-12-13(16)19-14(15-12)18-2/h3-9H,1-2H3/b4-3+,12-5+. The molecule has 0 spiro atoms. The highest BCUT2D eigenvalue weighted by atomic mass is 32.2. The van der Waals surface area contributed by atoms with Crippen LogP contribution in [0.4, 0.5) is 0 Å². The maximum absolute atomic E-state index is 11.6. The molecule has 0 fully saturated rings. The molecule has 0 atom stereocenters. The van der Waals surface area contributed by atoms with E-state index in [1.165, 1.54) is 23.5 Å². The topological polar surface area (TPSA) is 38.7 Å². The zero-order valence-corrected chi connectivity index (χ0v) is 12.3. The van der Waals surface area contributed by atoms with E-state index < -0.39 is 0 Å². The monoisotopic (exact) mass is 291 g/mol. The zero-order valence-electron chi connectivity index (χ0n) is 10.6. The number of ether oxygens (including phenoxy) is 1. The third-order valence-corrected chi connectivity index (χ3v) is 4.29. The third-order valence-electron chi connectivity index (χ3n) is 2.43. The number of aliphatic imine (C=N–C) groups is 1. The van der Waals surface area contributed by atoms with E-state index in [0.717, 1.165) is 15.7 Å². The van der Waals surface area contributed by atoms with Crippen LogP contribution in [-0.2, 0) is 4.79 Å². The van der Waals surface area contributed by atoms with Crippen molar-refractivity contribution in [3.05, 3.63) is 47.7 Å². The minimum atomic E-state index is 0.00345. The maximum Gasteiger partial charge on any atom is 0.244 e. The lowest BCUT2D eigenvalue weighted by atomic mass is 10.2. The number of carbonyl (C=O) groups excluding carboxylic acids is 1. The van der Waals surface area contributed by atoms with Gasteiger partial charge >= 0.3 is 0 Å². The molecule has 1 heterocycles. The Hall–Kier alpha value is -1.46. The van der Waals surface area contributed by atoms with Gasteiger partial charge in [-0.05, 0) is 41.8 Å². The number of nitrogens with zero attached hydrogens (tertiary/aromatic N) is 1. The minimum Gasteiger partial charge on any atom is -0.497 e. The van der Waals surface area contributed by atoms with Crippen molar-refractivity contribution in [3.8, 4) is 5.75 Å². The van der Waals surface area contributed by atoms with Crippen molar-refractivity contribution in [1.82, 2.24) is 0 Å². The van der Waals surface area contributed by atoms with Crippen LogP contribution in [0.25, 0.3) is 6.08 Å². The third kappa shape index (κ3) is 3.75. The van der Waals surface area contributed by atoms with Crippen molar-refractivity contribution >= 4 is 39.1 Å². The maximum atomic E-state index is 11.6. The molecule has 98 valence electrons. The molecule has 0 radical (unpaired) electrons. The van der Waals surface area contributed by atoms with Gasteiger partial charge in [0.25, 0.3) is 0 Å². The molecule has 0 aliphatic carbocycles. The summed E-state index contributed by atoms with van der Waals surface area (Å²) in [6.07, 6.45) is 7.41. The van der Waals surface area contributed by atoms with E-state index in [9.17, 15) is 4.79 Å². The number of hydrogen-bond acceptors (Lipinski definition) is 5. The van der Waals surface area contributed by atoms with E-state index in [4.69, 9.17) is 4.74 Å². The largest absolute Gasteiger partial charge is 0.497 e. The molecule has 0 saturated heterocycles. The van der Waals surface area contributed by atoms with Crippen molar-refractivity contribution in [2.45, 2.75) is 0 Å². The Bertz CT molecular complexity index is 559. The first kappa shape index (κ1) is 14.0. The second-order valence-corrected chi connectivity index (χ2v) is 5.67. The Kier molecular flexibility index (Phi) is 4.87. The van der Waals surface area contributed by atoms with Crippen LogP contribution in [0.3, 0.4) is 0 Å². The van der Waals surface area contributed by atoms with Crippen molar-refractivity contribution < 1.29 is 9.53 Å². The molecule has 1 aromatic rings. The molecule has 3 nitrogen and oxygen atoms in total. The van der Waals surface area contributed by atoms with Crippen LogP contribution in [0.1, 0.15) is 5.56 Å². The van der Waals surface area contributed by atoms with Gasteiger partial charge in [-0.15, -0.1) is 11.8 Å². The Morgan fingerprint density at radius 2 is 2.05 bits per heavy atom. The van der Waals surface area contributed by atoms with Crippen molar-refractivity contribution in [1.29, 1.82) is 0 Å². The smallest absolute Gasteiger partial charge is 0.244 e. The number of methoxy groups -OCH3 is 1. The molecule has 0 bridgehead atoms. The predicted octanol–water partition coefficient (Wildman–Crippen LogP) is 3.58. The van der Waals surface area contributed by atoms with Gasteiger partial charge in [0.1, 0.15) is 15.8 Å². The first-order valence-corrected chi connectivity index (χ1v) is 7.64. The lowest BCUT2D eigenvalue weighted by Gasteiger charge is -1.98. The van der Waals surface area contributed by atoms with Gasteiger partial charge in [0, 0.05) is 0 Å². The molecule has 19 heavy (non-hydrogen) atoms. The molecule has 2 rings (SSSR count). The van der Waals surface area contributed by atoms with Crippen LogP contribution in [0.15, 0.2) is 47.1 Å². The normalized spacial score (nSPS) is 17.3. The molecule has 1 aromatic carbocycles. The van der Waals surface area contributed by atoms with Crippen LogP contribution in [0, 0.1) is 0 Å². The van der Waals surface area contributed by atoms with E-state index in [1.54, 1.807) is 13.2 Å². The average molecular weight is 291 g/mol. The fourth-order valence-electron chi connectivity index (χ4n) is 1.46. The minimum absolute atomic E-state index is 0.00345. The van der Waals surface area contributed by atoms with Crippen LogP contribution >= 0.6 is 23.5 Å². The summed E-state index contributed by atoms with van der Waals surface area (Å²) in [6.45, 7) is 0. The van der Waals surface area contributed by atoms with Gasteiger partial charge in [-0.25, -0.2) is 4.99 Å². The second-order valence-electron chi connectivity index (χ2n) is 3.66. The number of rotatable bonds is 3. The van der Waals surface area contributed by atoms with E-state index in [0.29, 0.717) is 5.70 Å². The molecule has 0 N–H and O–H groups in total. The Morgan fingerprint density at radius 3 is 2.63 bits per heavy atom. The lowest BCUT2D eigenvalue weighted by molar-refractivity contribution is -0.107. The summed E-state index contributed by atoms with van der Waals surface area (Å²) in [6, 6.07) is 7.70. The fraction of sp³-hybridized carbons (Fsp3) is 0.143. The van der Waals surface area contributed by atoms with Crippen LogP contribution in [-0.4, -0.2) is 22.9 Å². The van der Waals surface area contributed by atoms with Gasteiger partial charge in [-0.3, -0.25) is 4.79 Å². The molecular weight excluding hydrogens is 278 g/mol. The Labute approximate surface area is 120 Å². The molecule has 0 saturated carbocycles. The molecule has 1 aliphatic heterocycles. The van der Waals surface area contributed by atoms with Crippen molar-refractivity contribution in [2.75, 3.05) is 13.4 Å². The summed E-state index contributed by atoms with van der Waals surface area (Å²) in [5.41, 5.74) is 1.55. The summed E-state index contributed by atoms with van der Waals surface area (Å²) >= 11 is 2.67. The van der Waals surface area contributed by atoms with Gasteiger partial charge in [-0.2, -0.15) is 0 Å². The van der Waals surface area contributed by atoms with Crippen LogP contribution in [0.5, 0.6) is 5.75 Å². The van der Waals surface area contributed by atoms with E-state index in [1.807, 2.05) is 42.7 Å². The zero-order chi connectivity index (χ0) is 13.7. The Morgan fingerprint density at radius 1 is 1.32 bits per heavy atom. The molecule has 5 heteroatoms.